The van der Waals surface area contributed by atoms with E-state index in [1.54, 1.807) is 0 Å². The van der Waals surface area contributed by atoms with Crippen LogP contribution >= 0.6 is 0 Å². The fourth-order valence-corrected chi connectivity index (χ4v) is 7.02. The van der Waals surface area contributed by atoms with Gasteiger partial charge in [0.2, 0.25) is 5.52 Å². The predicted molar refractivity (Wildman–Crippen MR) is 164 cm³/mol. The standard InChI is InChI=1S/C35H36N3/c1-20-26-17-22(19-35(3,4)5)13-14-24(26)21(2)32-29(20)33-30-23(15-16-37(33)8)18-28(36(6)7)31-25-11-9-10-12-27(25)38(32)34(30)31/h9-18H,19H2,1-8H3/q+1. The second-order valence-electron chi connectivity index (χ2n) is 12.7. The molecule has 0 bridgehead atoms. The Labute approximate surface area is 224 Å². The van der Waals surface area contributed by atoms with E-state index in [1.807, 2.05) is 0 Å². The molecule has 0 spiro atoms. The number of hydrogen-bond donors (Lipinski definition) is 0. The summed E-state index contributed by atoms with van der Waals surface area (Å²) in [6, 6.07) is 20.8. The largest absolute Gasteiger partial charge is 0.377 e. The van der Waals surface area contributed by atoms with Gasteiger partial charge in [0.1, 0.15) is 7.05 Å². The van der Waals surface area contributed by atoms with Crippen molar-refractivity contribution >= 4 is 65.5 Å². The number of anilines is 1. The second kappa shape index (κ2) is 7.60. The van der Waals surface area contributed by atoms with E-state index in [1.165, 1.54) is 82.1 Å². The Bertz CT molecular complexity index is 2080. The maximum absolute atomic E-state index is 2.58. The molecular weight excluding hydrogens is 462 g/mol. The van der Waals surface area contributed by atoms with E-state index in [2.05, 4.69) is 130 Å². The summed E-state index contributed by atoms with van der Waals surface area (Å²) in [6.07, 6.45) is 3.31. The summed E-state index contributed by atoms with van der Waals surface area (Å²) in [5.41, 5.74) is 10.9. The summed E-state index contributed by atoms with van der Waals surface area (Å²) < 4.78 is 4.92. The third kappa shape index (κ3) is 2.99. The molecule has 3 aromatic heterocycles. The van der Waals surface area contributed by atoms with Gasteiger partial charge >= 0.3 is 0 Å². The number of aromatic nitrogens is 2. The minimum atomic E-state index is 0.252. The molecule has 3 nitrogen and oxygen atoms in total. The Morgan fingerprint density at radius 1 is 0.789 bits per heavy atom. The monoisotopic (exact) mass is 498 g/mol. The number of para-hydroxylation sites is 1. The molecule has 0 unspecified atom stereocenters. The van der Waals surface area contributed by atoms with Crippen LogP contribution < -0.4 is 9.47 Å². The van der Waals surface area contributed by atoms with Crippen LogP contribution in [0.4, 0.5) is 5.69 Å². The van der Waals surface area contributed by atoms with E-state index >= 15 is 0 Å². The molecule has 7 rings (SSSR count). The summed E-state index contributed by atoms with van der Waals surface area (Å²) >= 11 is 0. The average Bonchev–Trinajstić information content (AvgIpc) is 3.21. The van der Waals surface area contributed by atoms with E-state index in [0.717, 1.165) is 6.42 Å². The minimum Gasteiger partial charge on any atom is -0.377 e. The maximum atomic E-state index is 2.58. The highest BCUT2D eigenvalue weighted by Crippen LogP contribution is 2.46. The molecule has 7 aromatic rings. The Morgan fingerprint density at radius 3 is 2.29 bits per heavy atom. The SMILES string of the molecule is Cc1c2cc(CC(C)(C)C)ccc2c(C)c2c1c1c3c(cc[n+]1C)cc(N(C)C)c1c4ccccc4n2c13. The van der Waals surface area contributed by atoms with Gasteiger partial charge in [0.25, 0.3) is 0 Å². The van der Waals surface area contributed by atoms with Crippen LogP contribution in [0.25, 0.3) is 59.8 Å². The number of rotatable bonds is 2. The lowest BCUT2D eigenvalue weighted by Crippen LogP contribution is -2.29. The predicted octanol–water partition coefficient (Wildman–Crippen LogP) is 8.24. The molecule has 0 aliphatic carbocycles. The van der Waals surface area contributed by atoms with Crippen LogP contribution in [0.5, 0.6) is 0 Å². The lowest BCUT2D eigenvalue weighted by molar-refractivity contribution is -0.643. The lowest BCUT2D eigenvalue weighted by Gasteiger charge is -2.21. The van der Waals surface area contributed by atoms with E-state index < -0.39 is 0 Å². The van der Waals surface area contributed by atoms with Gasteiger partial charge in [0.15, 0.2) is 6.20 Å². The third-order valence-electron chi connectivity index (χ3n) is 8.55. The molecule has 0 aliphatic heterocycles. The normalized spacial score (nSPS) is 12.8. The summed E-state index contributed by atoms with van der Waals surface area (Å²) in [7, 11) is 6.53. The number of pyridine rings is 2. The van der Waals surface area contributed by atoms with Gasteiger partial charge in [0.05, 0.1) is 27.3 Å². The van der Waals surface area contributed by atoms with Gasteiger partial charge in [-0.25, -0.2) is 4.57 Å². The van der Waals surface area contributed by atoms with Crippen molar-refractivity contribution in [3.05, 3.63) is 77.5 Å². The van der Waals surface area contributed by atoms with Gasteiger partial charge in [-0.3, -0.25) is 0 Å². The fourth-order valence-electron chi connectivity index (χ4n) is 7.02. The lowest BCUT2D eigenvalue weighted by atomic mass is 9.86. The van der Waals surface area contributed by atoms with Crippen molar-refractivity contribution < 1.29 is 4.57 Å². The molecule has 0 saturated carbocycles. The Balaban J connectivity index is 1.82. The molecule has 0 atom stereocenters. The smallest absolute Gasteiger partial charge is 0.224 e. The zero-order valence-electron chi connectivity index (χ0n) is 23.8. The first-order valence-electron chi connectivity index (χ1n) is 13.7. The first-order chi connectivity index (χ1) is 18.1. The molecule has 3 heterocycles. The van der Waals surface area contributed by atoms with E-state index in [4.69, 9.17) is 0 Å². The van der Waals surface area contributed by atoms with Crippen molar-refractivity contribution in [1.29, 1.82) is 0 Å². The van der Waals surface area contributed by atoms with Crippen LogP contribution in [-0.2, 0) is 13.5 Å². The highest BCUT2D eigenvalue weighted by molar-refractivity contribution is 6.31. The quantitative estimate of drug-likeness (QED) is 0.133. The van der Waals surface area contributed by atoms with Gasteiger partial charge in [-0.05, 0) is 70.7 Å². The summed E-state index contributed by atoms with van der Waals surface area (Å²) in [4.78, 5) is 2.27. The Kier molecular flexibility index (Phi) is 4.66. The molecule has 38 heavy (non-hydrogen) atoms. The van der Waals surface area contributed by atoms with Crippen molar-refractivity contribution in [2.45, 2.75) is 41.0 Å². The van der Waals surface area contributed by atoms with E-state index in [9.17, 15) is 0 Å². The molecule has 0 saturated heterocycles. The molecule has 0 fully saturated rings. The van der Waals surface area contributed by atoms with Gasteiger partial charge < -0.3 is 9.30 Å². The van der Waals surface area contributed by atoms with Gasteiger partial charge in [-0.15, -0.1) is 0 Å². The number of aryl methyl sites for hydroxylation is 3. The van der Waals surface area contributed by atoms with Crippen LogP contribution in [0.15, 0.2) is 60.8 Å². The van der Waals surface area contributed by atoms with Crippen molar-refractivity contribution in [3.8, 4) is 0 Å². The second-order valence-corrected chi connectivity index (χ2v) is 12.7. The van der Waals surface area contributed by atoms with Gasteiger partial charge in [-0.2, -0.15) is 0 Å². The van der Waals surface area contributed by atoms with E-state index in [-0.39, 0.29) is 5.41 Å². The molecule has 190 valence electrons. The number of nitrogens with zero attached hydrogens (tertiary/aromatic N) is 3. The maximum Gasteiger partial charge on any atom is 0.224 e. The zero-order valence-corrected chi connectivity index (χ0v) is 23.8. The van der Waals surface area contributed by atoms with Crippen LogP contribution in [0.1, 0.15) is 37.5 Å². The molecular formula is C35H36N3+. The van der Waals surface area contributed by atoms with Crippen LogP contribution in [0.2, 0.25) is 0 Å². The number of benzene rings is 4. The highest BCUT2D eigenvalue weighted by atomic mass is 15.1. The van der Waals surface area contributed by atoms with Crippen LogP contribution in [0.3, 0.4) is 0 Å². The summed E-state index contributed by atoms with van der Waals surface area (Å²) in [6.45, 7) is 11.6. The first-order valence-corrected chi connectivity index (χ1v) is 13.7. The van der Waals surface area contributed by atoms with Crippen molar-refractivity contribution in [2.24, 2.45) is 12.5 Å². The fraction of sp³-hybridized carbons (Fsp3) is 0.286. The van der Waals surface area contributed by atoms with Crippen molar-refractivity contribution in [2.75, 3.05) is 19.0 Å². The summed E-state index contributed by atoms with van der Waals surface area (Å²) in [5.74, 6) is 0. The molecule has 4 aromatic carbocycles. The molecule has 0 radical (unpaired) electrons. The zero-order chi connectivity index (χ0) is 26.7. The minimum absolute atomic E-state index is 0.252. The molecule has 0 aliphatic rings. The van der Waals surface area contributed by atoms with Crippen molar-refractivity contribution in [1.82, 2.24) is 4.40 Å². The number of hydrogen-bond acceptors (Lipinski definition) is 1. The molecule has 3 heteroatoms. The van der Waals surface area contributed by atoms with Gasteiger partial charge in [0, 0.05) is 36.6 Å². The molecule has 0 amide bonds. The average molecular weight is 499 g/mol. The van der Waals surface area contributed by atoms with Crippen molar-refractivity contribution in [3.63, 3.8) is 0 Å². The first kappa shape index (κ1) is 23.3. The van der Waals surface area contributed by atoms with Gasteiger partial charge in [-0.1, -0.05) is 57.2 Å². The summed E-state index contributed by atoms with van der Waals surface area (Å²) in [5, 5.41) is 9.40. The molecule has 0 N–H and O–H groups in total. The Morgan fingerprint density at radius 2 is 1.55 bits per heavy atom. The van der Waals surface area contributed by atoms with Crippen LogP contribution in [-0.4, -0.2) is 18.5 Å². The van der Waals surface area contributed by atoms with Crippen LogP contribution in [0, 0.1) is 19.3 Å². The number of fused-ring (bicyclic) bond motifs is 7. The highest BCUT2D eigenvalue weighted by Gasteiger charge is 2.28. The van der Waals surface area contributed by atoms with E-state index in [0.29, 0.717) is 0 Å². The topological polar surface area (TPSA) is 11.5 Å². The Hall–Kier alpha value is -3.85. The third-order valence-corrected chi connectivity index (χ3v) is 8.55.